The van der Waals surface area contributed by atoms with Crippen LogP contribution < -0.4 is 0 Å². The van der Waals surface area contributed by atoms with Crippen molar-refractivity contribution >= 4 is 23.9 Å². The highest BCUT2D eigenvalue weighted by Gasteiger charge is 2.53. The Labute approximate surface area is 180 Å². The van der Waals surface area contributed by atoms with Crippen LogP contribution in [0.2, 0.25) is 0 Å². The van der Waals surface area contributed by atoms with Gasteiger partial charge in [0.25, 0.3) is 0 Å². The van der Waals surface area contributed by atoms with E-state index in [-0.39, 0.29) is 6.61 Å². The SMILES string of the molecule is CC(=O)OC[C@H]1O[C@@H](O[C@@H]2CCCC[C@H]2O)[C@H](OC(C)=O)[C@@H](OC(C)=O)[C@H]1OC(C)=O. The maximum Gasteiger partial charge on any atom is 0.303 e. The highest BCUT2D eigenvalue weighted by molar-refractivity contribution is 5.68. The van der Waals surface area contributed by atoms with Gasteiger partial charge in [-0.3, -0.25) is 19.2 Å². The zero-order chi connectivity index (χ0) is 23.1. The average Bonchev–Trinajstić information content (AvgIpc) is 2.65. The average molecular weight is 446 g/mol. The molecule has 0 unspecified atom stereocenters. The number of carbonyl (C=O) groups excluding carboxylic acids is 4. The molecule has 1 heterocycles. The number of rotatable bonds is 7. The third-order valence-electron chi connectivity index (χ3n) is 4.92. The number of esters is 4. The summed E-state index contributed by atoms with van der Waals surface area (Å²) < 4.78 is 32.8. The van der Waals surface area contributed by atoms with Gasteiger partial charge in [-0.25, -0.2) is 0 Å². The standard InChI is InChI=1S/C20H30O11/c1-10(21)26-9-16-17(27-11(2)22)18(28-12(3)23)19(29-13(4)24)20(31-16)30-15-8-6-5-7-14(15)25/h14-20,25H,5-9H2,1-4H3/t14-,15-,16-,17+,18+,19-,20-/m1/s1. The highest BCUT2D eigenvalue weighted by atomic mass is 16.7. The fourth-order valence-corrected chi connectivity index (χ4v) is 3.71. The third kappa shape index (κ3) is 7.44. The van der Waals surface area contributed by atoms with Crippen LogP contribution in [-0.2, 0) is 47.6 Å². The molecule has 1 saturated heterocycles. The number of hydrogen-bond donors (Lipinski definition) is 1. The Kier molecular flexibility index (Phi) is 9.20. The van der Waals surface area contributed by atoms with E-state index in [4.69, 9.17) is 28.4 Å². The Balaban J connectivity index is 2.37. The molecule has 0 radical (unpaired) electrons. The molecule has 0 aromatic carbocycles. The Bertz CT molecular complexity index is 664. The molecule has 1 aliphatic heterocycles. The molecule has 0 aromatic rings. The zero-order valence-corrected chi connectivity index (χ0v) is 18.1. The first kappa shape index (κ1) is 25.0. The van der Waals surface area contributed by atoms with Crippen LogP contribution in [0.15, 0.2) is 0 Å². The van der Waals surface area contributed by atoms with Crippen molar-refractivity contribution in [3.63, 3.8) is 0 Å². The van der Waals surface area contributed by atoms with E-state index < -0.39 is 66.8 Å². The molecule has 31 heavy (non-hydrogen) atoms. The normalized spacial score (nSPS) is 33.1. The minimum atomic E-state index is -1.29. The van der Waals surface area contributed by atoms with Crippen LogP contribution >= 0.6 is 0 Å². The molecular formula is C20H30O11. The van der Waals surface area contributed by atoms with E-state index in [1.807, 2.05) is 0 Å². The van der Waals surface area contributed by atoms with Crippen LogP contribution in [0.4, 0.5) is 0 Å². The van der Waals surface area contributed by atoms with Crippen LogP contribution in [0, 0.1) is 0 Å². The quantitative estimate of drug-likeness (QED) is 0.428. The highest BCUT2D eigenvalue weighted by Crippen LogP contribution is 2.32. The summed E-state index contributed by atoms with van der Waals surface area (Å²) in [5.41, 5.74) is 0. The third-order valence-corrected chi connectivity index (χ3v) is 4.92. The Morgan fingerprint density at radius 1 is 0.806 bits per heavy atom. The molecule has 0 bridgehead atoms. The van der Waals surface area contributed by atoms with Gasteiger partial charge in [-0.1, -0.05) is 12.8 Å². The number of carbonyl (C=O) groups is 4. The van der Waals surface area contributed by atoms with Crippen molar-refractivity contribution in [1.82, 2.24) is 0 Å². The van der Waals surface area contributed by atoms with Crippen LogP contribution in [-0.4, -0.2) is 78.5 Å². The van der Waals surface area contributed by atoms with Gasteiger partial charge in [0, 0.05) is 27.7 Å². The summed E-state index contributed by atoms with van der Waals surface area (Å²) in [7, 11) is 0. The summed E-state index contributed by atoms with van der Waals surface area (Å²) in [6.07, 6.45) is -4.74. The van der Waals surface area contributed by atoms with Crippen molar-refractivity contribution < 1.29 is 52.7 Å². The summed E-state index contributed by atoms with van der Waals surface area (Å²) in [5, 5.41) is 10.3. The first-order chi connectivity index (χ1) is 14.6. The molecule has 11 heteroatoms. The second-order valence-corrected chi connectivity index (χ2v) is 7.59. The minimum absolute atomic E-state index is 0.328. The van der Waals surface area contributed by atoms with Gasteiger partial charge in [0.1, 0.15) is 12.7 Å². The molecule has 1 aliphatic carbocycles. The first-order valence-corrected chi connectivity index (χ1v) is 10.2. The molecule has 0 spiro atoms. The van der Waals surface area contributed by atoms with Crippen LogP contribution in [0.1, 0.15) is 53.4 Å². The predicted octanol–water partition coefficient (Wildman–Crippen LogP) is 0.390. The molecule has 11 nitrogen and oxygen atoms in total. The fraction of sp³-hybridized carbons (Fsp3) is 0.800. The minimum Gasteiger partial charge on any atom is -0.463 e. The molecule has 2 fully saturated rings. The van der Waals surface area contributed by atoms with Gasteiger partial charge in [0.15, 0.2) is 24.6 Å². The van der Waals surface area contributed by atoms with E-state index in [1.54, 1.807) is 0 Å². The first-order valence-electron chi connectivity index (χ1n) is 10.2. The van der Waals surface area contributed by atoms with Gasteiger partial charge >= 0.3 is 23.9 Å². The van der Waals surface area contributed by atoms with Gasteiger partial charge in [-0.05, 0) is 12.8 Å². The van der Waals surface area contributed by atoms with Crippen molar-refractivity contribution in [2.45, 2.75) is 96.3 Å². The largest absolute Gasteiger partial charge is 0.463 e. The summed E-state index contributed by atoms with van der Waals surface area (Å²) >= 11 is 0. The Hall–Kier alpha value is -2.24. The summed E-state index contributed by atoms with van der Waals surface area (Å²) in [4.78, 5) is 46.6. The molecular weight excluding hydrogens is 416 g/mol. The molecule has 1 saturated carbocycles. The van der Waals surface area contributed by atoms with Gasteiger partial charge in [-0.15, -0.1) is 0 Å². The molecule has 176 valence electrons. The van der Waals surface area contributed by atoms with E-state index in [0.717, 1.165) is 33.6 Å². The molecule has 0 amide bonds. The molecule has 2 rings (SSSR count). The Morgan fingerprint density at radius 3 is 1.90 bits per heavy atom. The fourth-order valence-electron chi connectivity index (χ4n) is 3.71. The van der Waals surface area contributed by atoms with Gasteiger partial charge in [-0.2, -0.15) is 0 Å². The monoisotopic (exact) mass is 446 g/mol. The maximum atomic E-state index is 11.8. The van der Waals surface area contributed by atoms with Gasteiger partial charge < -0.3 is 33.5 Å². The second-order valence-electron chi connectivity index (χ2n) is 7.59. The van der Waals surface area contributed by atoms with Crippen LogP contribution in [0.5, 0.6) is 0 Å². The zero-order valence-electron chi connectivity index (χ0n) is 18.1. The van der Waals surface area contributed by atoms with Crippen molar-refractivity contribution in [3.05, 3.63) is 0 Å². The summed E-state index contributed by atoms with van der Waals surface area (Å²) in [5.74, 6) is -2.73. The predicted molar refractivity (Wildman–Crippen MR) is 101 cm³/mol. The molecule has 7 atom stereocenters. The van der Waals surface area contributed by atoms with E-state index >= 15 is 0 Å². The van der Waals surface area contributed by atoms with Gasteiger partial charge in [0.2, 0.25) is 0 Å². The molecule has 1 N–H and O–H groups in total. The lowest BCUT2D eigenvalue weighted by Crippen LogP contribution is -2.63. The number of hydrogen-bond acceptors (Lipinski definition) is 11. The lowest BCUT2D eigenvalue weighted by atomic mass is 9.94. The Morgan fingerprint density at radius 2 is 1.35 bits per heavy atom. The summed E-state index contributed by atoms with van der Waals surface area (Å²) in [6, 6.07) is 0. The maximum absolute atomic E-state index is 11.8. The van der Waals surface area contributed by atoms with Crippen molar-refractivity contribution in [2.24, 2.45) is 0 Å². The lowest BCUT2D eigenvalue weighted by molar-refractivity contribution is -0.323. The molecule has 2 aliphatic rings. The van der Waals surface area contributed by atoms with Crippen LogP contribution in [0.25, 0.3) is 0 Å². The van der Waals surface area contributed by atoms with Crippen LogP contribution in [0.3, 0.4) is 0 Å². The second kappa shape index (κ2) is 11.4. The smallest absolute Gasteiger partial charge is 0.303 e. The van der Waals surface area contributed by atoms with E-state index in [2.05, 4.69) is 0 Å². The van der Waals surface area contributed by atoms with E-state index in [9.17, 15) is 24.3 Å². The van der Waals surface area contributed by atoms with Crippen molar-refractivity contribution in [2.75, 3.05) is 6.61 Å². The van der Waals surface area contributed by atoms with Gasteiger partial charge in [0.05, 0.1) is 12.2 Å². The topological polar surface area (TPSA) is 144 Å². The van der Waals surface area contributed by atoms with Crippen molar-refractivity contribution in [1.29, 1.82) is 0 Å². The number of aliphatic hydroxyl groups is 1. The van der Waals surface area contributed by atoms with E-state index in [1.165, 1.54) is 6.92 Å². The lowest BCUT2D eigenvalue weighted by Gasteiger charge is -2.45. The molecule has 0 aromatic heterocycles. The number of ether oxygens (including phenoxy) is 6. The van der Waals surface area contributed by atoms with Crippen molar-refractivity contribution in [3.8, 4) is 0 Å². The number of aliphatic hydroxyl groups excluding tert-OH is 1. The summed E-state index contributed by atoms with van der Waals surface area (Å²) in [6.45, 7) is 4.32. The van der Waals surface area contributed by atoms with E-state index in [0.29, 0.717) is 12.8 Å².